The molecule has 3 N–H and O–H groups in total. The molecule has 0 spiro atoms. The summed E-state index contributed by atoms with van der Waals surface area (Å²) in [7, 11) is 0. The molecule has 0 saturated heterocycles. The third-order valence-electron chi connectivity index (χ3n) is 5.59. The zero-order valence-corrected chi connectivity index (χ0v) is 14.8. The number of benzene rings is 1. The van der Waals surface area contributed by atoms with Gasteiger partial charge in [-0.1, -0.05) is 30.7 Å². The lowest BCUT2D eigenvalue weighted by molar-refractivity contribution is -0.123. The van der Waals surface area contributed by atoms with Crippen molar-refractivity contribution in [3.05, 3.63) is 35.4 Å². The Bertz CT molecular complexity index is 520. The molecule has 1 amide bonds. The number of carbonyl (C=O) groups excluding carboxylic acids is 1. The summed E-state index contributed by atoms with van der Waals surface area (Å²) in [5.74, 6) is 1.41. The highest BCUT2D eigenvalue weighted by Gasteiger charge is 2.39. The van der Waals surface area contributed by atoms with Gasteiger partial charge in [0.25, 0.3) is 0 Å². The highest BCUT2D eigenvalue weighted by molar-refractivity contribution is 5.85. The zero-order valence-electron chi connectivity index (χ0n) is 14.0. The van der Waals surface area contributed by atoms with Crippen molar-refractivity contribution >= 4 is 18.3 Å². The Morgan fingerprint density at radius 1 is 1.22 bits per heavy atom. The monoisotopic (exact) mass is 336 g/mol. The number of nitrogens with one attached hydrogen (secondary N) is 1. The summed E-state index contributed by atoms with van der Waals surface area (Å²) in [4.78, 5) is 12.4. The highest BCUT2D eigenvalue weighted by atomic mass is 35.5. The summed E-state index contributed by atoms with van der Waals surface area (Å²) >= 11 is 0. The van der Waals surface area contributed by atoms with Crippen LogP contribution >= 0.6 is 12.4 Å². The fourth-order valence-corrected chi connectivity index (χ4v) is 4.42. The first-order valence-corrected chi connectivity index (χ1v) is 8.73. The molecule has 1 aromatic rings. The maximum absolute atomic E-state index is 12.4. The van der Waals surface area contributed by atoms with Crippen LogP contribution in [0.1, 0.15) is 49.7 Å². The van der Waals surface area contributed by atoms with Crippen LogP contribution in [-0.4, -0.2) is 18.0 Å². The standard InChI is InChI=1S/C19H28N2O.ClH/c1-13-5-2-3-6-14(13)9-10-18(22)21-19-15-7-4-8-16(19)12-17(20)11-15;/h2-3,5-6,15-17,19H,4,7-12,20H2,1H3,(H,21,22);1H. The molecule has 2 aliphatic rings. The van der Waals surface area contributed by atoms with E-state index in [0.29, 0.717) is 30.3 Å². The Labute approximate surface area is 145 Å². The fourth-order valence-electron chi connectivity index (χ4n) is 4.42. The Kier molecular flexibility index (Phi) is 6.49. The van der Waals surface area contributed by atoms with E-state index in [1.807, 2.05) is 12.1 Å². The van der Waals surface area contributed by atoms with Crippen LogP contribution in [0, 0.1) is 18.8 Å². The number of nitrogens with two attached hydrogens (primary N) is 1. The summed E-state index contributed by atoms with van der Waals surface area (Å²) < 4.78 is 0. The third kappa shape index (κ3) is 4.48. The van der Waals surface area contributed by atoms with Crippen LogP contribution in [0.2, 0.25) is 0 Å². The maximum atomic E-state index is 12.4. The number of amides is 1. The number of aryl methyl sites for hydroxylation is 2. The van der Waals surface area contributed by atoms with Crippen molar-refractivity contribution in [3.8, 4) is 0 Å². The van der Waals surface area contributed by atoms with Gasteiger partial charge in [0.2, 0.25) is 5.91 Å². The van der Waals surface area contributed by atoms with Crippen molar-refractivity contribution in [1.82, 2.24) is 5.32 Å². The predicted molar refractivity (Wildman–Crippen MR) is 96.7 cm³/mol. The molecule has 0 aromatic heterocycles. The molecular formula is C19H29ClN2O. The summed E-state index contributed by atoms with van der Waals surface area (Å²) in [5.41, 5.74) is 8.71. The first-order chi connectivity index (χ1) is 10.6. The van der Waals surface area contributed by atoms with Gasteiger partial charge in [0.15, 0.2) is 0 Å². The molecule has 2 saturated carbocycles. The van der Waals surface area contributed by atoms with Gasteiger partial charge in [0.05, 0.1) is 0 Å². The van der Waals surface area contributed by atoms with Crippen LogP contribution in [0.25, 0.3) is 0 Å². The van der Waals surface area contributed by atoms with Crippen LogP contribution in [0.4, 0.5) is 0 Å². The summed E-state index contributed by atoms with van der Waals surface area (Å²) in [5, 5.41) is 3.34. The lowest BCUT2D eigenvalue weighted by Crippen LogP contribution is -2.53. The topological polar surface area (TPSA) is 55.1 Å². The average molecular weight is 337 g/mol. The van der Waals surface area contributed by atoms with Gasteiger partial charge >= 0.3 is 0 Å². The molecule has 0 radical (unpaired) electrons. The predicted octanol–water partition coefficient (Wildman–Crippen LogP) is 3.37. The zero-order chi connectivity index (χ0) is 15.5. The van der Waals surface area contributed by atoms with Crippen LogP contribution < -0.4 is 11.1 Å². The van der Waals surface area contributed by atoms with Crippen LogP contribution in [0.15, 0.2) is 24.3 Å². The smallest absolute Gasteiger partial charge is 0.220 e. The van der Waals surface area contributed by atoms with Crippen molar-refractivity contribution in [2.24, 2.45) is 17.6 Å². The van der Waals surface area contributed by atoms with Crippen molar-refractivity contribution in [3.63, 3.8) is 0 Å². The first-order valence-electron chi connectivity index (χ1n) is 8.73. The maximum Gasteiger partial charge on any atom is 0.220 e. The number of carbonyl (C=O) groups is 1. The second-order valence-electron chi connectivity index (χ2n) is 7.20. The van der Waals surface area contributed by atoms with Crippen molar-refractivity contribution < 1.29 is 4.79 Å². The number of rotatable bonds is 4. The van der Waals surface area contributed by atoms with E-state index in [9.17, 15) is 4.79 Å². The lowest BCUT2D eigenvalue weighted by Gasteiger charge is -2.45. The molecule has 2 atom stereocenters. The largest absolute Gasteiger partial charge is 0.353 e. The molecule has 2 unspecified atom stereocenters. The Morgan fingerprint density at radius 3 is 2.52 bits per heavy atom. The molecule has 2 aliphatic carbocycles. The Hall–Kier alpha value is -1.06. The minimum Gasteiger partial charge on any atom is -0.353 e. The van der Waals surface area contributed by atoms with Gasteiger partial charge in [0.1, 0.15) is 0 Å². The minimum atomic E-state index is 0. The molecule has 2 bridgehead atoms. The van der Waals surface area contributed by atoms with E-state index in [2.05, 4.69) is 24.4 Å². The fraction of sp³-hybridized carbons (Fsp3) is 0.632. The molecule has 4 heteroatoms. The average Bonchev–Trinajstić information content (AvgIpc) is 2.47. The molecule has 0 aliphatic heterocycles. The van der Waals surface area contributed by atoms with Gasteiger partial charge in [-0.05, 0) is 62.0 Å². The van der Waals surface area contributed by atoms with E-state index in [-0.39, 0.29) is 18.3 Å². The Balaban J connectivity index is 0.00000192. The van der Waals surface area contributed by atoms with Gasteiger partial charge in [-0.2, -0.15) is 0 Å². The van der Waals surface area contributed by atoms with Crippen molar-refractivity contribution in [1.29, 1.82) is 0 Å². The third-order valence-corrected chi connectivity index (χ3v) is 5.59. The molecule has 3 rings (SSSR count). The van der Waals surface area contributed by atoms with Crippen molar-refractivity contribution in [2.75, 3.05) is 0 Å². The van der Waals surface area contributed by atoms with E-state index >= 15 is 0 Å². The van der Waals surface area contributed by atoms with Crippen LogP contribution in [0.3, 0.4) is 0 Å². The number of hydrogen-bond donors (Lipinski definition) is 2. The van der Waals surface area contributed by atoms with E-state index in [4.69, 9.17) is 5.73 Å². The number of hydrogen-bond acceptors (Lipinski definition) is 2. The summed E-state index contributed by atoms with van der Waals surface area (Å²) in [6, 6.07) is 9.05. The molecule has 1 aromatic carbocycles. The molecule has 2 fully saturated rings. The second-order valence-corrected chi connectivity index (χ2v) is 7.20. The van der Waals surface area contributed by atoms with Crippen LogP contribution in [0.5, 0.6) is 0 Å². The lowest BCUT2D eigenvalue weighted by atomic mass is 9.67. The highest BCUT2D eigenvalue weighted by Crippen LogP contribution is 2.39. The number of fused-ring (bicyclic) bond motifs is 2. The van der Waals surface area contributed by atoms with E-state index in [0.717, 1.165) is 19.3 Å². The normalized spacial score (nSPS) is 29.5. The van der Waals surface area contributed by atoms with Gasteiger partial charge < -0.3 is 11.1 Å². The Morgan fingerprint density at radius 2 is 1.87 bits per heavy atom. The van der Waals surface area contributed by atoms with Gasteiger partial charge in [-0.15, -0.1) is 12.4 Å². The van der Waals surface area contributed by atoms with E-state index < -0.39 is 0 Å². The second kappa shape index (κ2) is 8.16. The SMILES string of the molecule is Cc1ccccc1CCC(=O)NC1C2CCCC1CC(N)C2.Cl. The summed E-state index contributed by atoms with van der Waals surface area (Å²) in [6.45, 7) is 2.11. The molecular weight excluding hydrogens is 308 g/mol. The van der Waals surface area contributed by atoms with Gasteiger partial charge in [0, 0.05) is 18.5 Å². The van der Waals surface area contributed by atoms with Crippen LogP contribution in [-0.2, 0) is 11.2 Å². The van der Waals surface area contributed by atoms with Gasteiger partial charge in [-0.25, -0.2) is 0 Å². The van der Waals surface area contributed by atoms with Gasteiger partial charge in [-0.3, -0.25) is 4.79 Å². The van der Waals surface area contributed by atoms with E-state index in [1.54, 1.807) is 0 Å². The minimum absolute atomic E-state index is 0. The first kappa shape index (κ1) is 18.3. The molecule has 128 valence electrons. The quantitative estimate of drug-likeness (QED) is 0.885. The van der Waals surface area contributed by atoms with Crippen molar-refractivity contribution in [2.45, 2.75) is 64.0 Å². The molecule has 23 heavy (non-hydrogen) atoms. The molecule has 0 heterocycles. The number of halogens is 1. The van der Waals surface area contributed by atoms with E-state index in [1.165, 1.54) is 30.4 Å². The summed E-state index contributed by atoms with van der Waals surface area (Å²) in [6.07, 6.45) is 7.35. The molecule has 3 nitrogen and oxygen atoms in total.